The van der Waals surface area contributed by atoms with Gasteiger partial charge in [0.1, 0.15) is 11.9 Å². The molecule has 0 spiro atoms. The summed E-state index contributed by atoms with van der Waals surface area (Å²) in [6.45, 7) is 3.47. The second-order valence-electron chi connectivity index (χ2n) is 7.44. The number of carbonyl (C=O) groups excluding carboxylic acids is 1. The number of amides is 1. The predicted octanol–water partition coefficient (Wildman–Crippen LogP) is 3.49. The van der Waals surface area contributed by atoms with Gasteiger partial charge in [0.25, 0.3) is 0 Å². The van der Waals surface area contributed by atoms with Crippen LogP contribution < -0.4 is 26.9 Å². The number of hydrogen-bond acceptors (Lipinski definition) is 8. The number of primary amides is 1. The molecule has 170 valence electrons. The van der Waals surface area contributed by atoms with Gasteiger partial charge < -0.3 is 25.5 Å². The van der Waals surface area contributed by atoms with Gasteiger partial charge in [0.05, 0.1) is 11.9 Å². The zero-order valence-corrected chi connectivity index (χ0v) is 17.8. The number of ether oxygens (including phenoxy) is 1. The molecule has 0 saturated carbocycles. The lowest BCUT2D eigenvalue weighted by molar-refractivity contribution is -0.119. The van der Waals surface area contributed by atoms with E-state index in [-0.39, 0.29) is 18.1 Å². The third-order valence-corrected chi connectivity index (χ3v) is 4.66. The summed E-state index contributed by atoms with van der Waals surface area (Å²) in [5, 5.41) is 6.19. The van der Waals surface area contributed by atoms with Crippen LogP contribution in [-0.2, 0) is 4.79 Å². The number of benzene rings is 2. The number of halogens is 1. The number of carbonyl (C=O) groups is 1. The Balaban J connectivity index is 1.53. The maximum absolute atomic E-state index is 14.1. The number of nitrogens with one attached hydrogen (secondary N) is 3. The molecule has 2 aromatic carbocycles. The third kappa shape index (κ3) is 5.26. The zero-order valence-electron chi connectivity index (χ0n) is 17.8. The average Bonchev–Trinajstić information content (AvgIpc) is 3.11. The Morgan fingerprint density at radius 2 is 2.00 bits per heavy atom. The van der Waals surface area contributed by atoms with Gasteiger partial charge in [-0.15, -0.1) is 0 Å². The van der Waals surface area contributed by atoms with Gasteiger partial charge in [-0.3, -0.25) is 9.78 Å². The van der Waals surface area contributed by atoms with Crippen LogP contribution >= 0.6 is 0 Å². The van der Waals surface area contributed by atoms with Crippen molar-refractivity contribution in [3.63, 3.8) is 0 Å². The highest BCUT2D eigenvalue weighted by molar-refractivity contribution is 5.78. The largest absolute Gasteiger partial charge is 0.487 e. The van der Waals surface area contributed by atoms with Crippen LogP contribution in [0.5, 0.6) is 5.75 Å². The van der Waals surface area contributed by atoms with Gasteiger partial charge in [0, 0.05) is 29.2 Å². The van der Waals surface area contributed by atoms with Crippen LogP contribution in [0, 0.1) is 12.7 Å². The Morgan fingerprint density at radius 3 is 2.79 bits per heavy atom. The molecule has 1 atom stereocenters. The Bertz CT molecular complexity index is 1380. The number of nitrogens with zero attached hydrogens (tertiary/aromatic N) is 2. The van der Waals surface area contributed by atoms with Crippen molar-refractivity contribution < 1.29 is 18.3 Å². The maximum atomic E-state index is 14.1. The minimum absolute atomic E-state index is 0.0263. The molecule has 2 heterocycles. The van der Waals surface area contributed by atoms with E-state index in [0.717, 1.165) is 5.56 Å². The van der Waals surface area contributed by atoms with Gasteiger partial charge in [-0.05, 0) is 44.2 Å². The molecule has 0 aliphatic carbocycles. The molecule has 1 unspecified atom stereocenters. The minimum atomic E-state index is -0.582. The first-order valence-electron chi connectivity index (χ1n) is 10.0. The van der Waals surface area contributed by atoms with Crippen molar-refractivity contribution in [3.8, 4) is 5.75 Å². The number of hydrogen-bond donors (Lipinski definition) is 4. The standard InChI is InChI=1S/C22H21FN6O4/c1-11-10-25-21(27-14-3-5-15(23)18(9-14)32-12(2)7-19(24)30)29-20(11)26-13-4-6-17-16(8-13)28-22(31)33-17/h3-6,8-10,12H,7H2,1-2H3,(H2,24,30)(H,28,31)(H2,25,26,27,29). The first-order chi connectivity index (χ1) is 15.8. The molecular formula is C22H21FN6O4. The third-order valence-electron chi connectivity index (χ3n) is 4.66. The molecule has 0 aliphatic rings. The summed E-state index contributed by atoms with van der Waals surface area (Å²) < 4.78 is 24.6. The summed E-state index contributed by atoms with van der Waals surface area (Å²) in [4.78, 5) is 33.7. The first kappa shape index (κ1) is 21.8. The minimum Gasteiger partial charge on any atom is -0.487 e. The summed E-state index contributed by atoms with van der Waals surface area (Å²) >= 11 is 0. The van der Waals surface area contributed by atoms with E-state index in [4.69, 9.17) is 14.9 Å². The number of fused-ring (bicyclic) bond motifs is 1. The number of anilines is 4. The van der Waals surface area contributed by atoms with E-state index in [1.54, 1.807) is 31.3 Å². The summed E-state index contributed by atoms with van der Waals surface area (Å²) in [5.41, 5.74) is 8.13. The van der Waals surface area contributed by atoms with Crippen molar-refractivity contribution in [2.75, 3.05) is 10.6 Å². The molecule has 33 heavy (non-hydrogen) atoms. The first-order valence-corrected chi connectivity index (χ1v) is 10.0. The number of rotatable bonds is 8. The number of nitrogens with two attached hydrogens (primary N) is 1. The molecule has 0 bridgehead atoms. The number of aromatic nitrogens is 3. The number of aromatic amines is 1. The Kier molecular flexibility index (Phi) is 5.94. The lowest BCUT2D eigenvalue weighted by atomic mass is 10.2. The monoisotopic (exact) mass is 452 g/mol. The molecule has 5 N–H and O–H groups in total. The quantitative estimate of drug-likeness (QED) is 0.317. The van der Waals surface area contributed by atoms with E-state index in [0.29, 0.717) is 28.3 Å². The maximum Gasteiger partial charge on any atom is 0.417 e. The second-order valence-corrected chi connectivity index (χ2v) is 7.44. The molecule has 0 fully saturated rings. The summed E-state index contributed by atoms with van der Waals surface area (Å²) in [5.74, 6) is -0.865. The van der Waals surface area contributed by atoms with Crippen molar-refractivity contribution >= 4 is 40.1 Å². The number of H-pyrrole nitrogens is 1. The van der Waals surface area contributed by atoms with Gasteiger partial charge >= 0.3 is 5.76 Å². The molecule has 10 nitrogen and oxygen atoms in total. The van der Waals surface area contributed by atoms with E-state index in [9.17, 15) is 14.0 Å². The van der Waals surface area contributed by atoms with Crippen LogP contribution in [0.25, 0.3) is 11.1 Å². The smallest absolute Gasteiger partial charge is 0.417 e. The highest BCUT2D eigenvalue weighted by Gasteiger charge is 2.13. The van der Waals surface area contributed by atoms with Crippen molar-refractivity contribution in [2.24, 2.45) is 5.73 Å². The molecule has 0 radical (unpaired) electrons. The summed E-state index contributed by atoms with van der Waals surface area (Å²) in [6.07, 6.45) is 1.01. The van der Waals surface area contributed by atoms with Crippen molar-refractivity contribution in [1.82, 2.24) is 15.0 Å². The van der Waals surface area contributed by atoms with Gasteiger partial charge in [-0.25, -0.2) is 14.2 Å². The van der Waals surface area contributed by atoms with E-state index in [1.165, 1.54) is 18.2 Å². The van der Waals surface area contributed by atoms with Crippen molar-refractivity contribution in [1.29, 1.82) is 0 Å². The van der Waals surface area contributed by atoms with Gasteiger partial charge in [-0.2, -0.15) is 4.98 Å². The average molecular weight is 452 g/mol. The van der Waals surface area contributed by atoms with Crippen LogP contribution in [0.3, 0.4) is 0 Å². The molecule has 1 amide bonds. The highest BCUT2D eigenvalue weighted by atomic mass is 19.1. The number of aryl methyl sites for hydroxylation is 1. The fourth-order valence-corrected chi connectivity index (χ4v) is 3.14. The Morgan fingerprint density at radius 1 is 1.24 bits per heavy atom. The van der Waals surface area contributed by atoms with E-state index >= 15 is 0 Å². The summed E-state index contributed by atoms with van der Waals surface area (Å²) in [6, 6.07) is 9.36. The fourth-order valence-electron chi connectivity index (χ4n) is 3.14. The summed E-state index contributed by atoms with van der Waals surface area (Å²) in [7, 11) is 0. The molecular weight excluding hydrogens is 431 g/mol. The number of oxazole rings is 1. The van der Waals surface area contributed by atoms with E-state index in [1.807, 2.05) is 6.92 Å². The van der Waals surface area contributed by atoms with Crippen LogP contribution in [0.1, 0.15) is 18.9 Å². The molecule has 0 saturated heterocycles. The van der Waals surface area contributed by atoms with Crippen LogP contribution in [0.4, 0.5) is 27.5 Å². The topological polar surface area (TPSA) is 148 Å². The van der Waals surface area contributed by atoms with Gasteiger partial charge in [-0.1, -0.05) is 0 Å². The van der Waals surface area contributed by atoms with Crippen LogP contribution in [-0.4, -0.2) is 27.0 Å². The molecule has 0 aliphatic heterocycles. The predicted molar refractivity (Wildman–Crippen MR) is 120 cm³/mol. The van der Waals surface area contributed by atoms with Gasteiger partial charge in [0.2, 0.25) is 11.9 Å². The second kappa shape index (κ2) is 8.99. The Labute approximate surface area is 187 Å². The SMILES string of the molecule is Cc1cnc(Nc2ccc(F)c(OC(C)CC(N)=O)c2)nc1Nc1ccc2oc(=O)[nH]c2c1. The lowest BCUT2D eigenvalue weighted by Crippen LogP contribution is -2.22. The fraction of sp³-hybridized carbons (Fsp3) is 0.182. The van der Waals surface area contributed by atoms with E-state index < -0.39 is 23.6 Å². The van der Waals surface area contributed by atoms with Gasteiger partial charge in [0.15, 0.2) is 17.1 Å². The molecule has 2 aromatic heterocycles. The Hall–Kier alpha value is -4.41. The van der Waals surface area contributed by atoms with Crippen molar-refractivity contribution in [3.05, 3.63) is 64.5 Å². The lowest BCUT2D eigenvalue weighted by Gasteiger charge is -2.15. The van der Waals surface area contributed by atoms with Crippen LogP contribution in [0.15, 0.2) is 51.8 Å². The van der Waals surface area contributed by atoms with Crippen molar-refractivity contribution in [2.45, 2.75) is 26.4 Å². The molecule has 4 aromatic rings. The van der Waals surface area contributed by atoms with E-state index in [2.05, 4.69) is 25.6 Å². The normalized spacial score (nSPS) is 11.8. The molecule has 4 rings (SSSR count). The highest BCUT2D eigenvalue weighted by Crippen LogP contribution is 2.27. The van der Waals surface area contributed by atoms with Crippen LogP contribution in [0.2, 0.25) is 0 Å². The molecule has 11 heteroatoms. The zero-order chi connectivity index (χ0) is 23.5.